The monoisotopic (exact) mass is 578 g/mol. The van der Waals surface area contributed by atoms with E-state index in [0.717, 1.165) is 68.3 Å². The minimum atomic E-state index is -0.0326. The van der Waals surface area contributed by atoms with E-state index in [-0.39, 0.29) is 11.9 Å². The number of anilines is 2. The zero-order valence-corrected chi connectivity index (χ0v) is 24.8. The predicted octanol–water partition coefficient (Wildman–Crippen LogP) is 4.29. The van der Waals surface area contributed by atoms with Crippen LogP contribution in [0.3, 0.4) is 0 Å². The van der Waals surface area contributed by atoms with Gasteiger partial charge in [-0.25, -0.2) is 24.9 Å². The number of nitrogens with zero attached hydrogens (tertiary/aromatic N) is 7. The summed E-state index contributed by atoms with van der Waals surface area (Å²) in [6.07, 6.45) is 6.02. The molecule has 0 unspecified atom stereocenters. The maximum atomic E-state index is 12.7. The topological polar surface area (TPSA) is 109 Å². The van der Waals surface area contributed by atoms with E-state index in [4.69, 9.17) is 9.72 Å². The summed E-state index contributed by atoms with van der Waals surface area (Å²) in [6, 6.07) is 18.0. The molecule has 0 saturated carbocycles. The number of piperidine rings is 1. The molecular formula is C33H38N8O2. The average molecular weight is 579 g/mol. The van der Waals surface area contributed by atoms with E-state index < -0.39 is 0 Å². The molecule has 0 radical (unpaired) electrons. The van der Waals surface area contributed by atoms with Crippen LogP contribution in [0.1, 0.15) is 35.5 Å². The number of pyridine rings is 1. The molecule has 2 aliphatic heterocycles. The lowest BCUT2D eigenvalue weighted by molar-refractivity contribution is -0.153. The number of nitrogens with one attached hydrogen (secondary N) is 1. The first-order valence-electron chi connectivity index (χ1n) is 15.0. The van der Waals surface area contributed by atoms with E-state index in [1.165, 1.54) is 5.56 Å². The molecule has 5 heterocycles. The Kier molecular flexibility index (Phi) is 8.95. The van der Waals surface area contributed by atoms with Crippen LogP contribution in [-0.4, -0.2) is 80.5 Å². The third-order valence-corrected chi connectivity index (χ3v) is 7.97. The normalized spacial score (nSPS) is 17.8. The predicted molar refractivity (Wildman–Crippen MR) is 165 cm³/mol. The smallest absolute Gasteiger partial charge is 0.310 e. The molecule has 0 aliphatic carbocycles. The Morgan fingerprint density at radius 3 is 2.49 bits per heavy atom. The van der Waals surface area contributed by atoms with Crippen LogP contribution in [-0.2, 0) is 22.5 Å². The first-order valence-corrected chi connectivity index (χ1v) is 15.0. The summed E-state index contributed by atoms with van der Waals surface area (Å²) in [5, 5.41) is 3.27. The summed E-state index contributed by atoms with van der Waals surface area (Å²) in [6.45, 7) is 7.12. The van der Waals surface area contributed by atoms with Crippen molar-refractivity contribution in [1.29, 1.82) is 0 Å². The van der Waals surface area contributed by atoms with E-state index in [1.54, 1.807) is 12.4 Å². The van der Waals surface area contributed by atoms with Crippen LogP contribution in [0, 0.1) is 18.8 Å². The van der Waals surface area contributed by atoms with Crippen LogP contribution in [0.25, 0.3) is 11.5 Å². The molecule has 1 N–H and O–H groups in total. The number of likely N-dealkylation sites (tertiary alicyclic amines) is 2. The quantitative estimate of drug-likeness (QED) is 0.274. The zero-order valence-electron chi connectivity index (χ0n) is 24.8. The number of carbonyl (C=O) groups excluding carboxylic acids is 1. The molecule has 3 aromatic heterocycles. The molecule has 2 fully saturated rings. The number of hydrogen-bond acceptors (Lipinski definition) is 10. The molecule has 1 atom stereocenters. The average Bonchev–Trinajstić information content (AvgIpc) is 3.00. The van der Waals surface area contributed by atoms with Crippen molar-refractivity contribution < 1.29 is 9.53 Å². The standard InChI is InChI=1S/C33H38N8O2/c1-23-5-3-7-28(36-23)32-35-15-13-30(39-32)37-29-12-14-34-31(38-29)17-24-8-10-25(11-9-24)20-41-16-4-6-27(21-41)33(42)43-22-26-18-40(2)19-26/h3,5,7-15,26-27H,4,6,16-22H2,1-2H3,(H,34,35,37,38,39)/t27-/m0/s1. The van der Waals surface area contributed by atoms with E-state index in [2.05, 4.69) is 66.4 Å². The molecule has 222 valence electrons. The molecular weight excluding hydrogens is 540 g/mol. The number of benzene rings is 1. The fourth-order valence-electron chi connectivity index (χ4n) is 5.75. The van der Waals surface area contributed by atoms with Crippen molar-refractivity contribution in [3.05, 3.63) is 89.6 Å². The minimum absolute atomic E-state index is 0.0306. The summed E-state index contributed by atoms with van der Waals surface area (Å²) in [4.78, 5) is 40.0. The van der Waals surface area contributed by atoms with Crippen molar-refractivity contribution in [2.45, 2.75) is 32.7 Å². The van der Waals surface area contributed by atoms with Gasteiger partial charge in [0.15, 0.2) is 5.82 Å². The number of aromatic nitrogens is 5. The second-order valence-corrected chi connectivity index (χ2v) is 11.7. The van der Waals surface area contributed by atoms with Crippen LogP contribution < -0.4 is 5.32 Å². The molecule has 0 amide bonds. The van der Waals surface area contributed by atoms with Gasteiger partial charge in [0, 0.05) is 56.6 Å². The van der Waals surface area contributed by atoms with Crippen molar-refractivity contribution in [3.63, 3.8) is 0 Å². The van der Waals surface area contributed by atoms with Crippen molar-refractivity contribution in [1.82, 2.24) is 34.7 Å². The van der Waals surface area contributed by atoms with Crippen molar-refractivity contribution in [2.24, 2.45) is 11.8 Å². The highest BCUT2D eigenvalue weighted by Crippen LogP contribution is 2.22. The van der Waals surface area contributed by atoms with Crippen LogP contribution in [0.5, 0.6) is 0 Å². The van der Waals surface area contributed by atoms with Gasteiger partial charge in [0.2, 0.25) is 0 Å². The van der Waals surface area contributed by atoms with Gasteiger partial charge in [0.05, 0.1) is 12.5 Å². The first-order chi connectivity index (χ1) is 21.0. The Morgan fingerprint density at radius 1 is 0.930 bits per heavy atom. The van der Waals surface area contributed by atoms with Gasteiger partial charge in [-0.2, -0.15) is 0 Å². The summed E-state index contributed by atoms with van der Waals surface area (Å²) >= 11 is 0. The number of carbonyl (C=O) groups is 1. The van der Waals surface area contributed by atoms with Crippen LogP contribution in [0.15, 0.2) is 67.0 Å². The van der Waals surface area contributed by atoms with Gasteiger partial charge < -0.3 is 15.0 Å². The molecule has 10 heteroatoms. The molecule has 43 heavy (non-hydrogen) atoms. The van der Waals surface area contributed by atoms with Crippen molar-refractivity contribution >= 4 is 17.6 Å². The van der Waals surface area contributed by atoms with Crippen LogP contribution >= 0.6 is 0 Å². The molecule has 0 spiro atoms. The van der Waals surface area contributed by atoms with Gasteiger partial charge in [-0.3, -0.25) is 9.69 Å². The molecule has 0 bridgehead atoms. The lowest BCUT2D eigenvalue weighted by Gasteiger charge is -2.36. The van der Waals surface area contributed by atoms with Gasteiger partial charge in [0.1, 0.15) is 23.2 Å². The van der Waals surface area contributed by atoms with Gasteiger partial charge in [-0.05, 0) is 68.8 Å². The largest absolute Gasteiger partial charge is 0.465 e. The molecule has 4 aromatic rings. The van der Waals surface area contributed by atoms with Crippen molar-refractivity contribution in [2.75, 3.05) is 45.2 Å². The summed E-state index contributed by atoms with van der Waals surface area (Å²) in [5.41, 5.74) is 4.01. The summed E-state index contributed by atoms with van der Waals surface area (Å²) in [7, 11) is 2.09. The molecule has 10 nitrogen and oxygen atoms in total. The van der Waals surface area contributed by atoms with Gasteiger partial charge in [-0.1, -0.05) is 30.3 Å². The first kappa shape index (κ1) is 28.8. The SMILES string of the molecule is Cc1cccc(-c2nccc(Nc3ccnc(Cc4ccc(CN5CCC[C@H](C(=O)OCC6CN(C)C6)C5)cc4)n3)n2)n1. The second kappa shape index (κ2) is 13.4. The van der Waals surface area contributed by atoms with Crippen molar-refractivity contribution in [3.8, 4) is 11.5 Å². The Morgan fingerprint density at radius 2 is 1.70 bits per heavy atom. The Labute approximate surface area is 252 Å². The number of ether oxygens (including phenoxy) is 1. The van der Waals surface area contributed by atoms with Crippen LogP contribution in [0.2, 0.25) is 0 Å². The van der Waals surface area contributed by atoms with E-state index >= 15 is 0 Å². The van der Waals surface area contributed by atoms with E-state index in [9.17, 15) is 4.79 Å². The third kappa shape index (κ3) is 7.77. The Bertz CT molecular complexity index is 1540. The van der Waals surface area contributed by atoms with Gasteiger partial charge in [0.25, 0.3) is 0 Å². The van der Waals surface area contributed by atoms with E-state index in [1.807, 2.05) is 37.3 Å². The maximum Gasteiger partial charge on any atom is 0.310 e. The fraction of sp³-hybridized carbons (Fsp3) is 0.394. The highest BCUT2D eigenvalue weighted by Gasteiger charge is 2.29. The van der Waals surface area contributed by atoms with Gasteiger partial charge >= 0.3 is 5.97 Å². The number of hydrogen-bond donors (Lipinski definition) is 1. The third-order valence-electron chi connectivity index (χ3n) is 7.97. The molecule has 1 aromatic carbocycles. The molecule has 2 saturated heterocycles. The molecule has 2 aliphatic rings. The zero-order chi connectivity index (χ0) is 29.6. The number of esters is 1. The van der Waals surface area contributed by atoms with Gasteiger partial charge in [-0.15, -0.1) is 0 Å². The Balaban J connectivity index is 1.01. The number of aryl methyl sites for hydroxylation is 1. The highest BCUT2D eigenvalue weighted by atomic mass is 16.5. The fourth-order valence-corrected chi connectivity index (χ4v) is 5.75. The summed E-state index contributed by atoms with van der Waals surface area (Å²) < 4.78 is 5.66. The lowest BCUT2D eigenvalue weighted by Crippen LogP contribution is -2.47. The summed E-state index contributed by atoms with van der Waals surface area (Å²) in [5.74, 6) is 3.01. The second-order valence-electron chi connectivity index (χ2n) is 11.7. The Hall–Kier alpha value is -4.28. The minimum Gasteiger partial charge on any atom is -0.465 e. The van der Waals surface area contributed by atoms with Crippen LogP contribution in [0.4, 0.5) is 11.6 Å². The number of rotatable bonds is 10. The highest BCUT2D eigenvalue weighted by molar-refractivity contribution is 5.72. The lowest BCUT2D eigenvalue weighted by atomic mass is 9.97. The van der Waals surface area contributed by atoms with E-state index in [0.29, 0.717) is 36.4 Å². The molecule has 6 rings (SSSR count). The maximum absolute atomic E-state index is 12.7.